The van der Waals surface area contributed by atoms with E-state index in [1.165, 1.54) is 0 Å². The van der Waals surface area contributed by atoms with E-state index in [4.69, 9.17) is 0 Å². The molecule has 1 amide bonds. The van der Waals surface area contributed by atoms with Crippen molar-refractivity contribution in [1.29, 1.82) is 0 Å². The van der Waals surface area contributed by atoms with E-state index >= 15 is 0 Å². The van der Waals surface area contributed by atoms with E-state index in [9.17, 15) is 9.90 Å². The van der Waals surface area contributed by atoms with Crippen molar-refractivity contribution in [1.82, 2.24) is 10.6 Å². The quantitative estimate of drug-likeness (QED) is 0.648. The predicted octanol–water partition coefficient (Wildman–Crippen LogP) is 0.898. The molecule has 3 N–H and O–H groups in total. The fourth-order valence-corrected chi connectivity index (χ4v) is 2.13. The van der Waals surface area contributed by atoms with Crippen LogP contribution in [0.2, 0.25) is 0 Å². The summed E-state index contributed by atoms with van der Waals surface area (Å²) in [4.78, 5) is 11.7. The third-order valence-corrected chi connectivity index (χ3v) is 3.38. The molecule has 1 aliphatic rings. The van der Waals surface area contributed by atoms with Crippen LogP contribution in [0.25, 0.3) is 0 Å². The Morgan fingerprint density at radius 1 is 1.35 bits per heavy atom. The lowest BCUT2D eigenvalue weighted by Gasteiger charge is -2.19. The summed E-state index contributed by atoms with van der Waals surface area (Å²) in [6.45, 7) is 7.48. The standard InChI is InChI=1S/C13H26N2O2/c1-9(2)7-15-13(17)10(3)14-8-11-5-4-6-12(11)16/h9-12,14,16H,4-8H2,1-3H3,(H,15,17). The third-order valence-electron chi connectivity index (χ3n) is 3.38. The molecular weight excluding hydrogens is 216 g/mol. The van der Waals surface area contributed by atoms with Crippen LogP contribution < -0.4 is 10.6 Å². The van der Waals surface area contributed by atoms with Crippen LogP contribution >= 0.6 is 0 Å². The largest absolute Gasteiger partial charge is 0.393 e. The van der Waals surface area contributed by atoms with Crippen molar-refractivity contribution in [2.75, 3.05) is 13.1 Å². The van der Waals surface area contributed by atoms with Crippen molar-refractivity contribution >= 4 is 5.91 Å². The van der Waals surface area contributed by atoms with Crippen molar-refractivity contribution in [3.63, 3.8) is 0 Å². The summed E-state index contributed by atoms with van der Waals surface area (Å²) in [6.07, 6.45) is 2.88. The molecule has 3 atom stereocenters. The maximum absolute atomic E-state index is 11.7. The van der Waals surface area contributed by atoms with Gasteiger partial charge in [-0.3, -0.25) is 4.79 Å². The van der Waals surface area contributed by atoms with Crippen LogP contribution in [0, 0.1) is 11.8 Å². The Morgan fingerprint density at radius 3 is 2.59 bits per heavy atom. The molecule has 4 nitrogen and oxygen atoms in total. The molecule has 0 aromatic rings. The second-order valence-corrected chi connectivity index (χ2v) is 5.53. The van der Waals surface area contributed by atoms with Crippen LogP contribution in [-0.2, 0) is 4.79 Å². The highest BCUT2D eigenvalue weighted by molar-refractivity contribution is 5.81. The summed E-state index contributed by atoms with van der Waals surface area (Å²) in [5.74, 6) is 0.837. The summed E-state index contributed by atoms with van der Waals surface area (Å²) in [7, 11) is 0. The van der Waals surface area contributed by atoms with Crippen LogP contribution in [0.1, 0.15) is 40.0 Å². The minimum atomic E-state index is -0.187. The first-order valence-electron chi connectivity index (χ1n) is 6.70. The highest BCUT2D eigenvalue weighted by atomic mass is 16.3. The van der Waals surface area contributed by atoms with Crippen molar-refractivity contribution in [3.05, 3.63) is 0 Å². The SMILES string of the molecule is CC(C)CNC(=O)C(C)NCC1CCCC1O. The summed E-state index contributed by atoms with van der Waals surface area (Å²) >= 11 is 0. The highest BCUT2D eigenvalue weighted by Crippen LogP contribution is 2.24. The molecule has 0 aromatic carbocycles. The van der Waals surface area contributed by atoms with Crippen LogP contribution in [0.4, 0.5) is 0 Å². The smallest absolute Gasteiger partial charge is 0.236 e. The molecule has 1 fully saturated rings. The molecule has 100 valence electrons. The fourth-order valence-electron chi connectivity index (χ4n) is 2.13. The van der Waals surface area contributed by atoms with Gasteiger partial charge in [-0.05, 0) is 31.6 Å². The minimum absolute atomic E-state index is 0.0474. The van der Waals surface area contributed by atoms with E-state index in [1.807, 2.05) is 6.92 Å². The normalized spacial score (nSPS) is 26.2. The second-order valence-electron chi connectivity index (χ2n) is 5.53. The van der Waals surface area contributed by atoms with E-state index in [0.29, 0.717) is 11.8 Å². The van der Waals surface area contributed by atoms with Gasteiger partial charge in [-0.15, -0.1) is 0 Å². The van der Waals surface area contributed by atoms with E-state index in [0.717, 1.165) is 32.4 Å². The molecule has 17 heavy (non-hydrogen) atoms. The summed E-state index contributed by atoms with van der Waals surface area (Å²) < 4.78 is 0. The Morgan fingerprint density at radius 2 is 2.06 bits per heavy atom. The van der Waals surface area contributed by atoms with E-state index in [-0.39, 0.29) is 18.1 Å². The molecule has 0 heterocycles. The second kappa shape index (κ2) is 6.97. The number of carbonyl (C=O) groups excluding carboxylic acids is 1. The molecule has 3 unspecified atom stereocenters. The van der Waals surface area contributed by atoms with Crippen molar-refractivity contribution < 1.29 is 9.90 Å². The molecular formula is C13H26N2O2. The highest BCUT2D eigenvalue weighted by Gasteiger charge is 2.25. The first kappa shape index (κ1) is 14.5. The number of aliphatic hydroxyl groups is 1. The van der Waals surface area contributed by atoms with Gasteiger partial charge in [0.1, 0.15) is 0 Å². The average Bonchev–Trinajstić information content (AvgIpc) is 2.68. The van der Waals surface area contributed by atoms with Gasteiger partial charge in [-0.25, -0.2) is 0 Å². The van der Waals surface area contributed by atoms with Crippen LogP contribution in [0.15, 0.2) is 0 Å². The molecule has 0 aromatic heterocycles. The van der Waals surface area contributed by atoms with Crippen LogP contribution in [-0.4, -0.2) is 36.2 Å². The van der Waals surface area contributed by atoms with Gasteiger partial charge in [-0.1, -0.05) is 20.3 Å². The van der Waals surface area contributed by atoms with Gasteiger partial charge in [-0.2, -0.15) is 0 Å². The summed E-state index contributed by atoms with van der Waals surface area (Å²) in [5, 5.41) is 15.8. The van der Waals surface area contributed by atoms with Gasteiger partial charge in [0.25, 0.3) is 0 Å². The van der Waals surface area contributed by atoms with E-state index < -0.39 is 0 Å². The third kappa shape index (κ3) is 5.04. The maximum Gasteiger partial charge on any atom is 0.236 e. The first-order chi connectivity index (χ1) is 8.00. The van der Waals surface area contributed by atoms with Gasteiger partial charge >= 0.3 is 0 Å². The van der Waals surface area contributed by atoms with Crippen molar-refractivity contribution in [2.24, 2.45) is 11.8 Å². The Bertz CT molecular complexity index is 244. The zero-order chi connectivity index (χ0) is 12.8. The maximum atomic E-state index is 11.7. The summed E-state index contributed by atoms with van der Waals surface area (Å²) in [5.41, 5.74) is 0. The molecule has 1 saturated carbocycles. The number of amides is 1. The van der Waals surface area contributed by atoms with Gasteiger partial charge in [0, 0.05) is 13.1 Å². The summed E-state index contributed by atoms with van der Waals surface area (Å²) in [6, 6.07) is -0.179. The molecule has 0 saturated heterocycles. The lowest BCUT2D eigenvalue weighted by atomic mass is 10.1. The van der Waals surface area contributed by atoms with Gasteiger partial charge in [0.05, 0.1) is 12.1 Å². The van der Waals surface area contributed by atoms with Gasteiger partial charge < -0.3 is 15.7 Å². The Labute approximate surface area is 104 Å². The van der Waals surface area contributed by atoms with Crippen molar-refractivity contribution in [3.8, 4) is 0 Å². The molecule has 0 bridgehead atoms. The number of rotatable bonds is 6. The molecule has 1 aliphatic carbocycles. The lowest BCUT2D eigenvalue weighted by molar-refractivity contribution is -0.123. The Kier molecular flexibility index (Phi) is 5.92. The number of carbonyl (C=O) groups is 1. The zero-order valence-electron chi connectivity index (χ0n) is 11.2. The first-order valence-corrected chi connectivity index (χ1v) is 6.70. The average molecular weight is 242 g/mol. The fraction of sp³-hybridized carbons (Fsp3) is 0.923. The number of hydrogen-bond donors (Lipinski definition) is 3. The van der Waals surface area contributed by atoms with E-state index in [1.54, 1.807) is 0 Å². The van der Waals surface area contributed by atoms with Crippen molar-refractivity contribution in [2.45, 2.75) is 52.2 Å². The molecule has 4 heteroatoms. The molecule has 0 radical (unpaired) electrons. The molecule has 1 rings (SSSR count). The topological polar surface area (TPSA) is 61.4 Å². The number of hydrogen-bond acceptors (Lipinski definition) is 3. The predicted molar refractivity (Wildman–Crippen MR) is 68.7 cm³/mol. The number of aliphatic hydroxyl groups excluding tert-OH is 1. The van der Waals surface area contributed by atoms with Gasteiger partial charge in [0.15, 0.2) is 0 Å². The van der Waals surface area contributed by atoms with Crippen LogP contribution in [0.3, 0.4) is 0 Å². The monoisotopic (exact) mass is 242 g/mol. The van der Waals surface area contributed by atoms with Gasteiger partial charge in [0.2, 0.25) is 5.91 Å². The van der Waals surface area contributed by atoms with E-state index in [2.05, 4.69) is 24.5 Å². The minimum Gasteiger partial charge on any atom is -0.393 e. The Hall–Kier alpha value is -0.610. The Balaban J connectivity index is 2.19. The lowest BCUT2D eigenvalue weighted by Crippen LogP contribution is -2.45. The molecule has 0 aliphatic heterocycles. The molecule has 0 spiro atoms. The zero-order valence-corrected chi connectivity index (χ0v) is 11.2. The van der Waals surface area contributed by atoms with Crippen LogP contribution in [0.5, 0.6) is 0 Å². The number of nitrogens with one attached hydrogen (secondary N) is 2.